The van der Waals surface area contributed by atoms with Crippen LogP contribution < -0.4 is 20.1 Å². The number of para-hydroxylation sites is 1. The summed E-state index contributed by atoms with van der Waals surface area (Å²) in [5.41, 5.74) is 1.46. The fourth-order valence-electron chi connectivity index (χ4n) is 3.58. The molecule has 1 aliphatic rings. The lowest BCUT2D eigenvalue weighted by atomic mass is 10.1. The van der Waals surface area contributed by atoms with E-state index in [1.807, 2.05) is 17.0 Å². The first-order valence-corrected chi connectivity index (χ1v) is 10.2. The molecular weight excluding hydrogens is 425 g/mol. The Labute approximate surface area is 185 Å². The molecule has 1 heterocycles. The highest BCUT2D eigenvalue weighted by molar-refractivity contribution is 6.31. The molecule has 166 valence electrons. The number of rotatable bonds is 8. The van der Waals surface area contributed by atoms with Crippen LogP contribution >= 0.6 is 11.6 Å². The normalized spacial score (nSPS) is 16.5. The number of ether oxygens (including phenoxy) is 2. The molecule has 9 heteroatoms. The quantitative estimate of drug-likeness (QED) is 0.647. The summed E-state index contributed by atoms with van der Waals surface area (Å²) in [5.74, 6) is 0.200. The van der Waals surface area contributed by atoms with Crippen LogP contribution in [0.1, 0.15) is 17.5 Å². The Kier molecular flexibility index (Phi) is 7.70. The SMILES string of the molecule is COc1cccc(CNC(=O)CC2C(=O)NCCN2Cc2ccc(F)cc2Cl)c1OC. The van der Waals surface area contributed by atoms with Gasteiger partial charge in [0.1, 0.15) is 5.82 Å². The minimum atomic E-state index is -0.651. The standard InChI is InChI=1S/C22H25ClFN3O4/c1-30-19-5-3-4-14(21(19)31-2)12-26-20(28)11-18-22(29)25-8-9-27(18)13-15-6-7-16(24)10-17(15)23/h3-7,10,18H,8-9,11-13H2,1-2H3,(H,25,29)(H,26,28). The molecule has 0 radical (unpaired) electrons. The molecule has 1 aliphatic heterocycles. The maximum atomic E-state index is 13.3. The van der Waals surface area contributed by atoms with Crippen molar-refractivity contribution in [1.29, 1.82) is 0 Å². The first-order chi connectivity index (χ1) is 14.9. The number of nitrogens with zero attached hydrogens (tertiary/aromatic N) is 1. The zero-order chi connectivity index (χ0) is 22.4. The highest BCUT2D eigenvalue weighted by Crippen LogP contribution is 2.30. The van der Waals surface area contributed by atoms with Gasteiger partial charge in [-0.15, -0.1) is 0 Å². The third-order valence-electron chi connectivity index (χ3n) is 5.17. The Morgan fingerprint density at radius 3 is 2.77 bits per heavy atom. The summed E-state index contributed by atoms with van der Waals surface area (Å²) < 4.78 is 24.0. The van der Waals surface area contributed by atoms with Gasteiger partial charge in [-0.05, 0) is 23.8 Å². The molecule has 1 unspecified atom stereocenters. The lowest BCUT2D eigenvalue weighted by Gasteiger charge is -2.34. The second-order valence-corrected chi connectivity index (χ2v) is 7.55. The summed E-state index contributed by atoms with van der Waals surface area (Å²) >= 11 is 6.14. The molecule has 2 aromatic rings. The van der Waals surface area contributed by atoms with E-state index < -0.39 is 11.9 Å². The van der Waals surface area contributed by atoms with Crippen molar-refractivity contribution in [1.82, 2.24) is 15.5 Å². The molecule has 3 rings (SSSR count). The van der Waals surface area contributed by atoms with Gasteiger partial charge in [0.15, 0.2) is 11.5 Å². The third-order valence-corrected chi connectivity index (χ3v) is 5.52. The number of hydrogen-bond donors (Lipinski definition) is 2. The number of halogens is 2. The minimum Gasteiger partial charge on any atom is -0.493 e. The topological polar surface area (TPSA) is 79.9 Å². The molecule has 7 nitrogen and oxygen atoms in total. The smallest absolute Gasteiger partial charge is 0.237 e. The van der Waals surface area contributed by atoms with E-state index in [9.17, 15) is 14.0 Å². The van der Waals surface area contributed by atoms with Crippen molar-refractivity contribution in [2.24, 2.45) is 0 Å². The number of carbonyl (C=O) groups excluding carboxylic acids is 2. The molecule has 2 N–H and O–H groups in total. The summed E-state index contributed by atoms with van der Waals surface area (Å²) in [6.07, 6.45) is -0.0169. The van der Waals surface area contributed by atoms with Gasteiger partial charge in [-0.1, -0.05) is 29.8 Å². The number of carbonyl (C=O) groups is 2. The van der Waals surface area contributed by atoms with Crippen molar-refractivity contribution in [2.45, 2.75) is 25.6 Å². The first kappa shape index (κ1) is 22.8. The molecule has 2 amide bonds. The number of methoxy groups -OCH3 is 2. The lowest BCUT2D eigenvalue weighted by Crippen LogP contribution is -2.56. The van der Waals surface area contributed by atoms with Gasteiger partial charge in [0.25, 0.3) is 0 Å². The Morgan fingerprint density at radius 2 is 2.06 bits per heavy atom. The number of hydrogen-bond acceptors (Lipinski definition) is 5. The maximum absolute atomic E-state index is 13.3. The van der Waals surface area contributed by atoms with Gasteiger partial charge in [0.2, 0.25) is 11.8 Å². The van der Waals surface area contributed by atoms with E-state index in [4.69, 9.17) is 21.1 Å². The summed E-state index contributed by atoms with van der Waals surface area (Å²) in [6.45, 7) is 1.60. The van der Waals surface area contributed by atoms with Crippen LogP contribution in [-0.2, 0) is 22.7 Å². The van der Waals surface area contributed by atoms with Crippen LogP contribution in [0.5, 0.6) is 11.5 Å². The van der Waals surface area contributed by atoms with Gasteiger partial charge in [-0.3, -0.25) is 14.5 Å². The van der Waals surface area contributed by atoms with Gasteiger partial charge in [0.05, 0.1) is 26.7 Å². The summed E-state index contributed by atoms with van der Waals surface area (Å²) in [7, 11) is 3.08. The van der Waals surface area contributed by atoms with E-state index in [0.29, 0.717) is 41.7 Å². The van der Waals surface area contributed by atoms with E-state index >= 15 is 0 Å². The van der Waals surface area contributed by atoms with Crippen molar-refractivity contribution in [3.63, 3.8) is 0 Å². The average molecular weight is 450 g/mol. The van der Waals surface area contributed by atoms with E-state index in [1.165, 1.54) is 19.2 Å². The molecule has 0 aliphatic carbocycles. The molecule has 1 atom stereocenters. The molecule has 0 bridgehead atoms. The monoisotopic (exact) mass is 449 g/mol. The van der Waals surface area contributed by atoms with Gasteiger partial charge in [-0.2, -0.15) is 0 Å². The summed E-state index contributed by atoms with van der Waals surface area (Å²) in [6, 6.07) is 8.93. The van der Waals surface area contributed by atoms with Crippen LogP contribution in [-0.4, -0.2) is 50.1 Å². The zero-order valence-electron chi connectivity index (χ0n) is 17.4. The van der Waals surface area contributed by atoms with Crippen LogP contribution in [0.2, 0.25) is 5.02 Å². The van der Waals surface area contributed by atoms with Gasteiger partial charge < -0.3 is 20.1 Å². The van der Waals surface area contributed by atoms with Crippen molar-refractivity contribution in [3.05, 3.63) is 58.4 Å². The predicted octanol–water partition coefficient (Wildman–Crippen LogP) is 2.50. The minimum absolute atomic E-state index is 0.0169. The Hall–Kier alpha value is -2.84. The molecule has 0 spiro atoms. The largest absolute Gasteiger partial charge is 0.493 e. The number of nitrogens with one attached hydrogen (secondary N) is 2. The second-order valence-electron chi connectivity index (χ2n) is 7.15. The fourth-order valence-corrected chi connectivity index (χ4v) is 3.80. The number of piperazine rings is 1. The van der Waals surface area contributed by atoms with Crippen LogP contribution in [0.15, 0.2) is 36.4 Å². The van der Waals surface area contributed by atoms with E-state index in [-0.39, 0.29) is 24.8 Å². The number of benzene rings is 2. The molecule has 31 heavy (non-hydrogen) atoms. The summed E-state index contributed by atoms with van der Waals surface area (Å²) in [5, 5.41) is 5.92. The van der Waals surface area contributed by atoms with Crippen molar-refractivity contribution in [2.75, 3.05) is 27.3 Å². The van der Waals surface area contributed by atoms with Crippen LogP contribution in [0.4, 0.5) is 4.39 Å². The van der Waals surface area contributed by atoms with Gasteiger partial charge >= 0.3 is 0 Å². The second kappa shape index (κ2) is 10.5. The summed E-state index contributed by atoms with van der Waals surface area (Å²) in [4.78, 5) is 27.0. The predicted molar refractivity (Wildman–Crippen MR) is 115 cm³/mol. The van der Waals surface area contributed by atoms with Gasteiger partial charge in [-0.25, -0.2) is 4.39 Å². The molecule has 1 fully saturated rings. The Balaban J connectivity index is 1.66. The first-order valence-electron chi connectivity index (χ1n) is 9.85. The Bertz CT molecular complexity index is 956. The van der Waals surface area contributed by atoms with Crippen LogP contribution in [0.3, 0.4) is 0 Å². The highest BCUT2D eigenvalue weighted by Gasteiger charge is 2.32. The van der Waals surface area contributed by atoms with Crippen LogP contribution in [0.25, 0.3) is 0 Å². The van der Waals surface area contributed by atoms with E-state index in [0.717, 1.165) is 5.56 Å². The lowest BCUT2D eigenvalue weighted by molar-refractivity contribution is -0.134. The van der Waals surface area contributed by atoms with Crippen molar-refractivity contribution < 1.29 is 23.5 Å². The molecule has 0 saturated carbocycles. The number of amides is 2. The third kappa shape index (κ3) is 5.65. The highest BCUT2D eigenvalue weighted by atomic mass is 35.5. The molecular formula is C22H25ClFN3O4. The van der Waals surface area contributed by atoms with Crippen molar-refractivity contribution >= 4 is 23.4 Å². The van der Waals surface area contributed by atoms with Crippen LogP contribution in [0, 0.1) is 5.82 Å². The van der Waals surface area contributed by atoms with Crippen molar-refractivity contribution in [3.8, 4) is 11.5 Å². The Morgan fingerprint density at radius 1 is 1.26 bits per heavy atom. The molecule has 1 saturated heterocycles. The zero-order valence-corrected chi connectivity index (χ0v) is 18.2. The van der Waals surface area contributed by atoms with Gasteiger partial charge in [0, 0.05) is 36.8 Å². The van der Waals surface area contributed by atoms with E-state index in [2.05, 4.69) is 10.6 Å². The fraction of sp³-hybridized carbons (Fsp3) is 0.364. The van der Waals surface area contributed by atoms with E-state index in [1.54, 1.807) is 19.2 Å². The molecule has 2 aromatic carbocycles. The average Bonchev–Trinajstić information content (AvgIpc) is 2.76. The maximum Gasteiger partial charge on any atom is 0.237 e. The molecule has 0 aromatic heterocycles.